The van der Waals surface area contributed by atoms with E-state index in [1.807, 2.05) is 6.07 Å². The molecule has 1 aliphatic carbocycles. The molecule has 6 N–H and O–H groups in total. The SMILES string of the molecule is Nc1nc2cc(O[C@H]3CC[C@@]4(O)[C@@H]3O[C@@H](n3ccc5c(N)ncnc53)[C@@H]4O)ccc2cc1Cl. The quantitative estimate of drug-likeness (QED) is 0.353. The number of hydrogen-bond acceptors (Lipinski definition) is 9. The molecule has 1 saturated heterocycles. The van der Waals surface area contributed by atoms with Gasteiger partial charge in [-0.2, -0.15) is 0 Å². The van der Waals surface area contributed by atoms with Gasteiger partial charge < -0.3 is 35.7 Å². The fourth-order valence-corrected chi connectivity index (χ4v) is 5.06. The minimum absolute atomic E-state index is 0.241. The molecule has 10 nitrogen and oxygen atoms in total. The van der Waals surface area contributed by atoms with Crippen molar-refractivity contribution < 1.29 is 19.7 Å². The van der Waals surface area contributed by atoms with Gasteiger partial charge in [0.15, 0.2) is 6.23 Å². The van der Waals surface area contributed by atoms with E-state index in [0.29, 0.717) is 46.0 Å². The highest BCUT2D eigenvalue weighted by Gasteiger charge is 2.62. The molecular formula is C22H21ClN6O4. The summed E-state index contributed by atoms with van der Waals surface area (Å²) >= 11 is 6.05. The van der Waals surface area contributed by atoms with Crippen LogP contribution in [0, 0.1) is 0 Å². The molecule has 6 rings (SSSR count). The van der Waals surface area contributed by atoms with E-state index in [1.165, 1.54) is 6.33 Å². The number of aromatic nitrogens is 4. The molecule has 0 radical (unpaired) electrons. The molecule has 0 bridgehead atoms. The average Bonchev–Trinajstić information content (AvgIpc) is 3.42. The van der Waals surface area contributed by atoms with Crippen molar-refractivity contribution in [2.24, 2.45) is 0 Å². The first-order chi connectivity index (χ1) is 15.8. The maximum atomic E-state index is 11.3. The van der Waals surface area contributed by atoms with Crippen molar-refractivity contribution in [3.8, 4) is 5.75 Å². The molecule has 1 aliphatic heterocycles. The van der Waals surface area contributed by atoms with Crippen LogP contribution < -0.4 is 16.2 Å². The van der Waals surface area contributed by atoms with Crippen LogP contribution in [-0.4, -0.2) is 53.6 Å². The molecule has 4 heterocycles. The first-order valence-corrected chi connectivity index (χ1v) is 10.9. The fraction of sp³-hybridized carbons (Fsp3) is 0.318. The monoisotopic (exact) mass is 468 g/mol. The zero-order valence-corrected chi connectivity index (χ0v) is 18.1. The van der Waals surface area contributed by atoms with Crippen molar-refractivity contribution in [3.05, 3.63) is 47.9 Å². The van der Waals surface area contributed by atoms with Gasteiger partial charge in [0.1, 0.15) is 53.3 Å². The Morgan fingerprint density at radius 2 is 2.03 bits per heavy atom. The van der Waals surface area contributed by atoms with Crippen LogP contribution in [0.25, 0.3) is 21.9 Å². The topological polar surface area (TPSA) is 155 Å². The first-order valence-electron chi connectivity index (χ1n) is 10.5. The van der Waals surface area contributed by atoms with Crippen LogP contribution >= 0.6 is 11.6 Å². The van der Waals surface area contributed by atoms with Gasteiger partial charge in [-0.15, -0.1) is 0 Å². The van der Waals surface area contributed by atoms with E-state index in [-0.39, 0.29) is 5.82 Å². The van der Waals surface area contributed by atoms with Crippen molar-refractivity contribution in [2.45, 2.75) is 43.0 Å². The smallest absolute Gasteiger partial charge is 0.164 e. The Hall–Kier alpha value is -3.18. The highest BCUT2D eigenvalue weighted by molar-refractivity contribution is 6.33. The number of pyridine rings is 1. The molecule has 170 valence electrons. The highest BCUT2D eigenvalue weighted by Crippen LogP contribution is 2.48. The van der Waals surface area contributed by atoms with E-state index in [0.717, 1.165) is 5.39 Å². The lowest BCUT2D eigenvalue weighted by atomic mass is 9.94. The van der Waals surface area contributed by atoms with Gasteiger partial charge in [0, 0.05) is 17.6 Å². The number of rotatable bonds is 3. The highest BCUT2D eigenvalue weighted by atomic mass is 35.5. The van der Waals surface area contributed by atoms with Crippen molar-refractivity contribution in [2.75, 3.05) is 11.5 Å². The Labute approximate surface area is 192 Å². The van der Waals surface area contributed by atoms with Gasteiger partial charge in [-0.05, 0) is 37.1 Å². The van der Waals surface area contributed by atoms with Gasteiger partial charge in [-0.3, -0.25) is 0 Å². The van der Waals surface area contributed by atoms with Crippen LogP contribution in [0.2, 0.25) is 5.02 Å². The molecular weight excluding hydrogens is 448 g/mol. The Kier molecular flexibility index (Phi) is 4.43. The van der Waals surface area contributed by atoms with E-state index in [1.54, 1.807) is 35.0 Å². The Balaban J connectivity index is 1.29. The summed E-state index contributed by atoms with van der Waals surface area (Å²) in [5, 5.41) is 24.2. The third kappa shape index (κ3) is 3.02. The zero-order chi connectivity index (χ0) is 22.9. The minimum atomic E-state index is -1.46. The van der Waals surface area contributed by atoms with E-state index in [2.05, 4.69) is 15.0 Å². The van der Waals surface area contributed by atoms with Gasteiger partial charge in [-0.1, -0.05) is 11.6 Å². The molecule has 1 aromatic carbocycles. The summed E-state index contributed by atoms with van der Waals surface area (Å²) in [5.41, 5.74) is 11.5. The van der Waals surface area contributed by atoms with Crippen molar-refractivity contribution in [3.63, 3.8) is 0 Å². The number of benzene rings is 1. The molecule has 1 saturated carbocycles. The van der Waals surface area contributed by atoms with E-state index in [9.17, 15) is 10.2 Å². The number of aliphatic hydroxyl groups excluding tert-OH is 1. The van der Waals surface area contributed by atoms with Gasteiger partial charge in [0.2, 0.25) is 0 Å². The van der Waals surface area contributed by atoms with E-state index < -0.39 is 30.1 Å². The summed E-state index contributed by atoms with van der Waals surface area (Å²) in [5.74, 6) is 1.13. The van der Waals surface area contributed by atoms with Crippen molar-refractivity contribution >= 4 is 45.2 Å². The molecule has 0 unspecified atom stereocenters. The predicted octanol–water partition coefficient (Wildman–Crippen LogP) is 2.03. The summed E-state index contributed by atoms with van der Waals surface area (Å²) < 4.78 is 14.0. The third-order valence-electron chi connectivity index (χ3n) is 6.60. The Morgan fingerprint density at radius 3 is 2.88 bits per heavy atom. The van der Waals surface area contributed by atoms with Crippen LogP contribution in [0.15, 0.2) is 42.9 Å². The molecule has 4 aromatic rings. The predicted molar refractivity (Wildman–Crippen MR) is 122 cm³/mol. The number of nitrogen functional groups attached to an aromatic ring is 2. The van der Waals surface area contributed by atoms with Crippen LogP contribution in [0.1, 0.15) is 19.1 Å². The lowest BCUT2D eigenvalue weighted by Gasteiger charge is -2.26. The van der Waals surface area contributed by atoms with Gasteiger partial charge in [0.25, 0.3) is 0 Å². The number of aliphatic hydroxyl groups is 2. The number of hydrogen-bond donors (Lipinski definition) is 4. The van der Waals surface area contributed by atoms with Crippen molar-refractivity contribution in [1.82, 2.24) is 19.5 Å². The molecule has 5 atom stereocenters. The number of anilines is 2. The van der Waals surface area contributed by atoms with Crippen LogP contribution in [0.4, 0.5) is 11.6 Å². The van der Waals surface area contributed by atoms with E-state index >= 15 is 0 Å². The average molecular weight is 469 g/mol. The summed E-state index contributed by atoms with van der Waals surface area (Å²) in [4.78, 5) is 12.6. The van der Waals surface area contributed by atoms with E-state index in [4.69, 9.17) is 32.5 Å². The maximum Gasteiger partial charge on any atom is 0.164 e. The second-order valence-electron chi connectivity index (χ2n) is 8.51. The van der Waals surface area contributed by atoms with Crippen LogP contribution in [0.3, 0.4) is 0 Å². The van der Waals surface area contributed by atoms with Gasteiger partial charge in [0.05, 0.1) is 15.9 Å². The number of halogens is 1. The number of nitrogens with two attached hydrogens (primary N) is 2. The van der Waals surface area contributed by atoms with Crippen molar-refractivity contribution in [1.29, 1.82) is 0 Å². The minimum Gasteiger partial charge on any atom is -0.488 e. The largest absolute Gasteiger partial charge is 0.488 e. The fourth-order valence-electron chi connectivity index (χ4n) is 4.90. The van der Waals surface area contributed by atoms with Gasteiger partial charge >= 0.3 is 0 Å². The lowest BCUT2D eigenvalue weighted by molar-refractivity contribution is -0.0791. The standard InChI is InChI=1S/C22H21ClN6O4/c23-13-7-10-1-2-11(8-14(10)28-19(13)25)32-15-3-5-22(31)16(30)21(33-17(15)22)29-6-4-12-18(24)26-9-27-20(12)29/h1-2,4,6-9,15-17,21,30-31H,3,5H2,(H2,25,28)(H2,24,26,27)/t15-,16-,17+,21+,22-/m0/s1. The summed E-state index contributed by atoms with van der Waals surface area (Å²) in [7, 11) is 0. The summed E-state index contributed by atoms with van der Waals surface area (Å²) in [6, 6.07) is 8.91. The van der Waals surface area contributed by atoms with Crippen LogP contribution in [-0.2, 0) is 4.74 Å². The first kappa shape index (κ1) is 20.4. The second kappa shape index (κ2) is 7.16. The number of fused-ring (bicyclic) bond motifs is 3. The number of ether oxygens (including phenoxy) is 2. The summed E-state index contributed by atoms with van der Waals surface area (Å²) in [6.07, 6.45) is 0.664. The maximum absolute atomic E-state index is 11.3. The molecule has 2 aliphatic rings. The third-order valence-corrected chi connectivity index (χ3v) is 6.90. The number of nitrogens with zero attached hydrogens (tertiary/aromatic N) is 4. The molecule has 3 aromatic heterocycles. The molecule has 0 amide bonds. The Morgan fingerprint density at radius 1 is 1.18 bits per heavy atom. The Bertz CT molecular complexity index is 1400. The zero-order valence-electron chi connectivity index (χ0n) is 17.3. The van der Waals surface area contributed by atoms with Crippen LogP contribution in [0.5, 0.6) is 5.75 Å². The van der Waals surface area contributed by atoms with Gasteiger partial charge in [-0.25, -0.2) is 15.0 Å². The molecule has 0 spiro atoms. The normalized spacial score (nSPS) is 29.1. The summed E-state index contributed by atoms with van der Waals surface area (Å²) in [6.45, 7) is 0. The molecule has 11 heteroatoms. The molecule has 2 fully saturated rings. The lowest BCUT2D eigenvalue weighted by Crippen LogP contribution is -2.47. The molecule has 33 heavy (non-hydrogen) atoms. The second-order valence-corrected chi connectivity index (χ2v) is 8.91.